The van der Waals surface area contributed by atoms with Gasteiger partial charge in [0.25, 0.3) is 15.9 Å². The average Bonchev–Trinajstić information content (AvgIpc) is 2.71. The van der Waals surface area contributed by atoms with Gasteiger partial charge in [-0.1, -0.05) is 11.3 Å². The second-order valence-corrected chi connectivity index (χ2v) is 7.68. The molecule has 0 spiro atoms. The van der Waals surface area contributed by atoms with Gasteiger partial charge in [-0.15, -0.1) is 5.10 Å². The second kappa shape index (κ2) is 5.71. The number of aryl methyl sites for hydroxylation is 1. The van der Waals surface area contributed by atoms with Crippen LogP contribution in [0.25, 0.3) is 0 Å². The van der Waals surface area contributed by atoms with E-state index < -0.39 is 15.9 Å². The van der Waals surface area contributed by atoms with Gasteiger partial charge in [-0.25, -0.2) is 18.2 Å². The minimum absolute atomic E-state index is 0.164. The zero-order valence-corrected chi connectivity index (χ0v) is 13.9. The maximum atomic E-state index is 12.0. The van der Waals surface area contributed by atoms with E-state index in [4.69, 9.17) is 5.14 Å². The van der Waals surface area contributed by atoms with Crippen molar-refractivity contribution >= 4 is 49.9 Å². The Balaban J connectivity index is 2.43. The van der Waals surface area contributed by atoms with Crippen molar-refractivity contribution in [3.05, 3.63) is 38.2 Å². The van der Waals surface area contributed by atoms with Gasteiger partial charge in [0.1, 0.15) is 0 Å². The predicted octanol–water partition coefficient (Wildman–Crippen LogP) is 0.475. The van der Waals surface area contributed by atoms with Crippen molar-refractivity contribution < 1.29 is 13.2 Å². The number of nitrogens with zero attached hydrogens (tertiary/aromatic N) is 3. The summed E-state index contributed by atoms with van der Waals surface area (Å²) in [5, 5.41) is 8.69. The molecule has 0 aliphatic carbocycles. The highest BCUT2D eigenvalue weighted by Gasteiger charge is 2.15. The van der Waals surface area contributed by atoms with E-state index in [2.05, 4.69) is 32.7 Å². The van der Waals surface area contributed by atoms with E-state index >= 15 is 0 Å². The van der Waals surface area contributed by atoms with Crippen molar-refractivity contribution in [2.45, 2.75) is 4.34 Å². The maximum absolute atomic E-state index is 12.0. The van der Waals surface area contributed by atoms with E-state index in [0.717, 1.165) is 14.9 Å². The molecule has 0 fully saturated rings. The maximum Gasteiger partial charge on any atom is 0.279 e. The average molecular weight is 424 g/mol. The Labute approximate surface area is 132 Å². The van der Waals surface area contributed by atoms with Crippen LogP contribution >= 0.6 is 33.9 Å². The van der Waals surface area contributed by atoms with Gasteiger partial charge in [-0.3, -0.25) is 4.79 Å². The molecule has 0 unspecified atom stereocenters. The van der Waals surface area contributed by atoms with E-state index in [1.165, 1.54) is 11.7 Å². The molecule has 0 aliphatic rings. The summed E-state index contributed by atoms with van der Waals surface area (Å²) >= 11 is 2.87. The molecule has 0 saturated carbocycles. The van der Waals surface area contributed by atoms with Crippen molar-refractivity contribution in [3.8, 4) is 0 Å². The molecule has 0 bridgehead atoms. The zero-order chi connectivity index (χ0) is 14.9. The molecule has 0 atom stereocenters. The number of benzene rings is 1. The van der Waals surface area contributed by atoms with E-state index in [-0.39, 0.29) is 9.14 Å². The van der Waals surface area contributed by atoms with Gasteiger partial charge in [0.15, 0.2) is 0 Å². The molecule has 1 heterocycles. The third-order valence-corrected chi connectivity index (χ3v) is 5.25. The van der Waals surface area contributed by atoms with E-state index in [1.54, 1.807) is 24.3 Å². The highest BCUT2D eigenvalue weighted by Crippen LogP contribution is 2.08. The Morgan fingerprint density at radius 2 is 2.00 bits per heavy atom. The van der Waals surface area contributed by atoms with E-state index in [9.17, 15) is 13.2 Å². The summed E-state index contributed by atoms with van der Waals surface area (Å²) in [6, 6.07) is 6.86. The molecule has 106 valence electrons. The van der Waals surface area contributed by atoms with Gasteiger partial charge in [0.05, 0.1) is 0 Å². The first-order valence-corrected chi connectivity index (χ1v) is 8.63. The number of rotatable bonds is 2. The zero-order valence-electron chi connectivity index (χ0n) is 10.1. The molecule has 2 N–H and O–H groups in total. The lowest BCUT2D eigenvalue weighted by Crippen LogP contribution is -2.15. The summed E-state index contributed by atoms with van der Waals surface area (Å²) in [4.78, 5) is 16.0. The Bertz CT molecular complexity index is 821. The summed E-state index contributed by atoms with van der Waals surface area (Å²) in [6.45, 7) is 0. The minimum Gasteiger partial charge on any atom is -0.267 e. The first-order chi connectivity index (χ1) is 9.27. The van der Waals surface area contributed by atoms with Crippen LogP contribution in [0, 0.1) is 3.57 Å². The number of sulfonamides is 1. The fourth-order valence-electron chi connectivity index (χ4n) is 1.28. The van der Waals surface area contributed by atoms with Crippen molar-refractivity contribution in [3.63, 3.8) is 0 Å². The number of amides is 1. The molecule has 2 aromatic rings. The molecule has 1 amide bonds. The topological polar surface area (TPSA) is 107 Å². The summed E-state index contributed by atoms with van der Waals surface area (Å²) in [5.74, 6) is -0.471. The summed E-state index contributed by atoms with van der Waals surface area (Å²) in [5.41, 5.74) is 0.413. The van der Waals surface area contributed by atoms with Crippen LogP contribution in [-0.2, 0) is 17.1 Å². The number of halogens is 1. The molecule has 20 heavy (non-hydrogen) atoms. The number of nitrogens with two attached hydrogens (primary N) is 1. The molecule has 0 radical (unpaired) electrons. The number of hydrogen-bond acceptors (Lipinski definition) is 5. The summed E-state index contributed by atoms with van der Waals surface area (Å²) in [7, 11) is -2.40. The molecule has 0 saturated heterocycles. The largest absolute Gasteiger partial charge is 0.279 e. The molecule has 0 aliphatic heterocycles. The Morgan fingerprint density at radius 3 is 2.50 bits per heavy atom. The first kappa shape index (κ1) is 15.3. The van der Waals surface area contributed by atoms with Crippen LogP contribution in [0.15, 0.2) is 33.6 Å². The minimum atomic E-state index is -3.90. The third kappa shape index (κ3) is 3.50. The van der Waals surface area contributed by atoms with E-state index in [0.29, 0.717) is 5.56 Å². The van der Waals surface area contributed by atoms with Gasteiger partial charge >= 0.3 is 0 Å². The summed E-state index contributed by atoms with van der Waals surface area (Å²) in [6.07, 6.45) is 0. The SMILES string of the molecule is Cn1nc(S(N)(=O)=O)sc1=NC(=O)c1ccc(I)cc1. The van der Waals surface area contributed by atoms with Crippen LogP contribution in [0.5, 0.6) is 0 Å². The highest BCUT2D eigenvalue weighted by molar-refractivity contribution is 14.1. The van der Waals surface area contributed by atoms with Crippen molar-refractivity contribution in [1.29, 1.82) is 0 Å². The van der Waals surface area contributed by atoms with Gasteiger partial charge in [-0.2, -0.15) is 4.99 Å². The third-order valence-electron chi connectivity index (χ3n) is 2.22. The van der Waals surface area contributed by atoms with Crippen molar-refractivity contribution in [2.75, 3.05) is 0 Å². The van der Waals surface area contributed by atoms with Crippen LogP contribution in [0.3, 0.4) is 0 Å². The fraction of sp³-hybridized carbons (Fsp3) is 0.100. The normalized spacial score (nSPS) is 12.7. The quantitative estimate of drug-likeness (QED) is 0.708. The van der Waals surface area contributed by atoms with Gasteiger partial charge in [0.2, 0.25) is 9.14 Å². The second-order valence-electron chi connectivity index (χ2n) is 3.74. The lowest BCUT2D eigenvalue weighted by atomic mass is 10.2. The van der Waals surface area contributed by atoms with Gasteiger partial charge in [0, 0.05) is 16.2 Å². The Morgan fingerprint density at radius 1 is 1.40 bits per heavy atom. The molecule has 10 heteroatoms. The molecule has 2 rings (SSSR count). The number of hydrogen-bond donors (Lipinski definition) is 1. The molecule has 7 nitrogen and oxygen atoms in total. The Hall–Kier alpha value is -1.11. The number of aromatic nitrogens is 2. The van der Waals surface area contributed by atoms with Crippen LogP contribution < -0.4 is 9.94 Å². The van der Waals surface area contributed by atoms with Crippen LogP contribution in [-0.4, -0.2) is 24.1 Å². The monoisotopic (exact) mass is 424 g/mol. The lowest BCUT2D eigenvalue weighted by Gasteiger charge is -1.94. The molecule has 1 aromatic carbocycles. The first-order valence-electron chi connectivity index (χ1n) is 5.19. The van der Waals surface area contributed by atoms with Crippen molar-refractivity contribution in [2.24, 2.45) is 17.2 Å². The van der Waals surface area contributed by atoms with Crippen LogP contribution in [0.2, 0.25) is 0 Å². The standard InChI is InChI=1S/C10H9IN4O3S2/c1-15-9(19-10(14-15)20(12,17)18)13-8(16)6-2-4-7(11)5-3-6/h2-5H,1H3,(H2,12,17,18). The highest BCUT2D eigenvalue weighted by atomic mass is 127. The predicted molar refractivity (Wildman–Crippen MR) is 81.5 cm³/mol. The Kier molecular flexibility index (Phi) is 4.36. The number of primary sulfonamides is 1. The molecule has 1 aromatic heterocycles. The van der Waals surface area contributed by atoms with E-state index in [1.807, 2.05) is 0 Å². The fourth-order valence-corrected chi connectivity index (χ4v) is 3.19. The van der Waals surface area contributed by atoms with Crippen LogP contribution in [0.1, 0.15) is 10.4 Å². The van der Waals surface area contributed by atoms with Gasteiger partial charge in [-0.05, 0) is 46.9 Å². The molecular formula is C10H9IN4O3S2. The van der Waals surface area contributed by atoms with Crippen LogP contribution in [0.4, 0.5) is 0 Å². The molecular weight excluding hydrogens is 415 g/mol. The lowest BCUT2D eigenvalue weighted by molar-refractivity contribution is 0.0997. The van der Waals surface area contributed by atoms with Crippen molar-refractivity contribution in [1.82, 2.24) is 9.78 Å². The number of carbonyl (C=O) groups is 1. The smallest absolute Gasteiger partial charge is 0.267 e. The summed E-state index contributed by atoms with van der Waals surface area (Å²) < 4.78 is 24.3. The number of carbonyl (C=O) groups excluding carboxylic acids is 1. The van der Waals surface area contributed by atoms with Gasteiger partial charge < -0.3 is 0 Å².